The summed E-state index contributed by atoms with van der Waals surface area (Å²) in [6.45, 7) is 4.74. The Kier molecular flexibility index (Phi) is 5.17. The number of allylic oxidation sites excluding steroid dienone is 2. The molecule has 3 atom stereocenters. The minimum Gasteiger partial charge on any atom is -0.489 e. The first-order valence-corrected chi connectivity index (χ1v) is 11.0. The lowest BCUT2D eigenvalue weighted by Gasteiger charge is -2.38. The molecule has 5 rings (SSSR count). The Labute approximate surface area is 187 Å². The van der Waals surface area contributed by atoms with Crippen molar-refractivity contribution in [3.8, 4) is 5.75 Å². The van der Waals surface area contributed by atoms with E-state index >= 15 is 0 Å². The number of fused-ring (bicyclic) bond motifs is 3. The van der Waals surface area contributed by atoms with Gasteiger partial charge in [-0.05, 0) is 78.3 Å². The fourth-order valence-corrected chi connectivity index (χ4v) is 4.90. The Bertz CT molecular complexity index is 1180. The van der Waals surface area contributed by atoms with Crippen LogP contribution in [0.3, 0.4) is 0 Å². The van der Waals surface area contributed by atoms with Gasteiger partial charge in [-0.1, -0.05) is 36.4 Å². The van der Waals surface area contributed by atoms with Gasteiger partial charge in [0.25, 0.3) is 5.69 Å². The first-order valence-electron chi connectivity index (χ1n) is 11.0. The second-order valence-electron chi connectivity index (χ2n) is 8.73. The summed E-state index contributed by atoms with van der Waals surface area (Å²) in [5.41, 5.74) is 7.57. The number of ether oxygens (including phenoxy) is 1. The number of anilines is 1. The van der Waals surface area contributed by atoms with E-state index in [1.165, 1.54) is 40.1 Å². The SMILES string of the molecule is Cc1ccc2c(c1C)N[C@@H](c1ccc(OCc3ccc([N+](=O)[O-])cc3)cc1)[C@H]1CC=C[C@@H]21. The van der Waals surface area contributed by atoms with Crippen LogP contribution in [0, 0.1) is 29.9 Å². The van der Waals surface area contributed by atoms with Crippen molar-refractivity contribution in [1.29, 1.82) is 0 Å². The lowest BCUT2D eigenvalue weighted by atomic mass is 9.76. The van der Waals surface area contributed by atoms with E-state index < -0.39 is 4.92 Å². The second kappa shape index (κ2) is 8.15. The van der Waals surface area contributed by atoms with E-state index in [0.29, 0.717) is 18.4 Å². The molecular weight excluding hydrogens is 400 g/mol. The van der Waals surface area contributed by atoms with Crippen LogP contribution >= 0.6 is 0 Å². The molecule has 0 saturated heterocycles. The van der Waals surface area contributed by atoms with E-state index in [9.17, 15) is 10.1 Å². The van der Waals surface area contributed by atoms with Gasteiger partial charge in [0.05, 0.1) is 11.0 Å². The van der Waals surface area contributed by atoms with Crippen LogP contribution in [0.4, 0.5) is 11.4 Å². The molecule has 32 heavy (non-hydrogen) atoms. The molecular formula is C27H26N2O3. The van der Waals surface area contributed by atoms with Crippen molar-refractivity contribution in [2.45, 2.75) is 38.8 Å². The van der Waals surface area contributed by atoms with Crippen LogP contribution in [-0.2, 0) is 6.61 Å². The molecule has 0 aromatic heterocycles. The molecule has 2 aliphatic rings. The summed E-state index contributed by atoms with van der Waals surface area (Å²) in [7, 11) is 0. The number of nitro groups is 1. The largest absolute Gasteiger partial charge is 0.489 e. The minimum absolute atomic E-state index is 0.0878. The van der Waals surface area contributed by atoms with Gasteiger partial charge in [0.15, 0.2) is 0 Å². The Hall–Kier alpha value is -3.60. The van der Waals surface area contributed by atoms with Gasteiger partial charge in [0, 0.05) is 23.7 Å². The molecule has 3 aromatic rings. The molecule has 0 bridgehead atoms. The number of benzene rings is 3. The molecule has 0 fully saturated rings. The van der Waals surface area contributed by atoms with E-state index in [1.54, 1.807) is 12.1 Å². The van der Waals surface area contributed by atoms with Gasteiger partial charge in [-0.2, -0.15) is 0 Å². The molecule has 1 aliphatic carbocycles. The fraction of sp³-hybridized carbons (Fsp3) is 0.259. The molecule has 0 saturated carbocycles. The zero-order valence-electron chi connectivity index (χ0n) is 18.2. The fourth-order valence-electron chi connectivity index (χ4n) is 4.90. The highest BCUT2D eigenvalue weighted by Gasteiger charge is 2.38. The molecule has 162 valence electrons. The van der Waals surface area contributed by atoms with Crippen molar-refractivity contribution in [1.82, 2.24) is 0 Å². The van der Waals surface area contributed by atoms with E-state index in [2.05, 4.69) is 55.6 Å². The smallest absolute Gasteiger partial charge is 0.269 e. The van der Waals surface area contributed by atoms with Crippen LogP contribution in [-0.4, -0.2) is 4.92 Å². The molecule has 0 spiro atoms. The average Bonchev–Trinajstić information content (AvgIpc) is 3.30. The molecule has 3 aromatic carbocycles. The summed E-state index contributed by atoms with van der Waals surface area (Å²) in [5.74, 6) is 1.75. The third kappa shape index (κ3) is 3.64. The number of hydrogen-bond donors (Lipinski definition) is 1. The molecule has 0 amide bonds. The van der Waals surface area contributed by atoms with Gasteiger partial charge >= 0.3 is 0 Å². The van der Waals surface area contributed by atoms with E-state index in [-0.39, 0.29) is 11.7 Å². The van der Waals surface area contributed by atoms with Crippen molar-refractivity contribution in [2.24, 2.45) is 5.92 Å². The monoisotopic (exact) mass is 426 g/mol. The Morgan fingerprint density at radius 2 is 1.78 bits per heavy atom. The molecule has 5 nitrogen and oxygen atoms in total. The summed E-state index contributed by atoms with van der Waals surface area (Å²) in [5, 5.41) is 14.6. The zero-order valence-corrected chi connectivity index (χ0v) is 18.2. The number of hydrogen-bond acceptors (Lipinski definition) is 4. The Morgan fingerprint density at radius 1 is 1.03 bits per heavy atom. The summed E-state index contributed by atoms with van der Waals surface area (Å²) < 4.78 is 5.91. The van der Waals surface area contributed by atoms with E-state index in [0.717, 1.165) is 17.7 Å². The van der Waals surface area contributed by atoms with Gasteiger partial charge in [0.1, 0.15) is 12.4 Å². The van der Waals surface area contributed by atoms with Gasteiger partial charge < -0.3 is 10.1 Å². The molecule has 0 radical (unpaired) electrons. The van der Waals surface area contributed by atoms with Crippen LogP contribution in [0.5, 0.6) is 5.75 Å². The molecule has 1 heterocycles. The van der Waals surface area contributed by atoms with Gasteiger partial charge in [-0.25, -0.2) is 0 Å². The van der Waals surface area contributed by atoms with Crippen molar-refractivity contribution in [3.05, 3.63) is 111 Å². The predicted octanol–water partition coefficient (Wildman–Crippen LogP) is 6.62. The standard InChI is InChI=1S/C27H26N2O3/c1-17-6-15-25-23-4-3-5-24(23)27(28-26(25)18(17)2)20-9-13-22(14-10-20)32-16-19-7-11-21(12-8-19)29(30)31/h3-4,6-15,23-24,27-28H,5,16H2,1-2H3/t23-,24+,27+/m1/s1. The van der Waals surface area contributed by atoms with Crippen molar-refractivity contribution in [2.75, 3.05) is 5.32 Å². The maximum atomic E-state index is 10.8. The number of nitrogens with zero attached hydrogens (tertiary/aromatic N) is 1. The molecule has 0 unspecified atom stereocenters. The van der Waals surface area contributed by atoms with Crippen LogP contribution in [0.15, 0.2) is 72.8 Å². The van der Waals surface area contributed by atoms with Crippen molar-refractivity contribution < 1.29 is 9.66 Å². The van der Waals surface area contributed by atoms with Gasteiger partial charge in [-0.3, -0.25) is 10.1 Å². The topological polar surface area (TPSA) is 64.4 Å². The zero-order chi connectivity index (χ0) is 22.2. The Balaban J connectivity index is 1.32. The summed E-state index contributed by atoms with van der Waals surface area (Å²) in [4.78, 5) is 10.4. The highest BCUT2D eigenvalue weighted by atomic mass is 16.6. The first kappa shape index (κ1) is 20.3. The molecule has 1 N–H and O–H groups in total. The maximum absolute atomic E-state index is 10.8. The third-order valence-corrected chi connectivity index (χ3v) is 6.86. The predicted molar refractivity (Wildman–Crippen MR) is 126 cm³/mol. The average molecular weight is 427 g/mol. The summed E-state index contributed by atoms with van der Waals surface area (Å²) >= 11 is 0. The Morgan fingerprint density at radius 3 is 2.50 bits per heavy atom. The van der Waals surface area contributed by atoms with Gasteiger partial charge in [-0.15, -0.1) is 0 Å². The molecule has 1 aliphatic heterocycles. The van der Waals surface area contributed by atoms with Crippen molar-refractivity contribution >= 4 is 11.4 Å². The summed E-state index contributed by atoms with van der Waals surface area (Å²) in [6, 6.07) is 19.6. The highest BCUT2D eigenvalue weighted by Crippen LogP contribution is 2.51. The highest BCUT2D eigenvalue weighted by molar-refractivity contribution is 5.65. The first-order chi connectivity index (χ1) is 15.5. The minimum atomic E-state index is -0.395. The second-order valence-corrected chi connectivity index (χ2v) is 8.73. The number of aryl methyl sites for hydroxylation is 1. The maximum Gasteiger partial charge on any atom is 0.269 e. The number of nitrogens with one attached hydrogen (secondary N) is 1. The van der Waals surface area contributed by atoms with Crippen molar-refractivity contribution in [3.63, 3.8) is 0 Å². The number of nitro benzene ring substituents is 1. The quantitative estimate of drug-likeness (QED) is 0.283. The van der Waals surface area contributed by atoms with Crippen LogP contribution in [0.1, 0.15) is 46.2 Å². The van der Waals surface area contributed by atoms with E-state index in [4.69, 9.17) is 4.74 Å². The lowest BCUT2D eigenvalue weighted by Crippen LogP contribution is -2.29. The third-order valence-electron chi connectivity index (χ3n) is 6.86. The van der Waals surface area contributed by atoms with Crippen LogP contribution in [0.2, 0.25) is 0 Å². The molecule has 5 heteroatoms. The van der Waals surface area contributed by atoms with Crippen LogP contribution in [0.25, 0.3) is 0 Å². The van der Waals surface area contributed by atoms with Gasteiger partial charge in [0.2, 0.25) is 0 Å². The van der Waals surface area contributed by atoms with Crippen LogP contribution < -0.4 is 10.1 Å². The van der Waals surface area contributed by atoms with E-state index in [1.807, 2.05) is 12.1 Å². The number of rotatable bonds is 5. The number of non-ortho nitro benzene ring substituents is 1. The lowest BCUT2D eigenvalue weighted by molar-refractivity contribution is -0.384. The normalized spacial score (nSPS) is 20.9. The summed E-state index contributed by atoms with van der Waals surface area (Å²) in [6.07, 6.45) is 5.76.